The highest BCUT2D eigenvalue weighted by Gasteiger charge is 2.12. The molecule has 0 aliphatic heterocycles. The van der Waals surface area contributed by atoms with Gasteiger partial charge in [0.2, 0.25) is 5.88 Å². The number of ether oxygens (including phenoxy) is 1. The first-order valence-corrected chi connectivity index (χ1v) is 6.60. The molecule has 2 rings (SSSR count). The SMILES string of the molecule is CCCc1nc(NC)cc(Oc2cccc(F)c2C#N)n1. The molecule has 108 valence electrons. The van der Waals surface area contributed by atoms with Crippen molar-refractivity contribution in [3.8, 4) is 17.7 Å². The van der Waals surface area contributed by atoms with Gasteiger partial charge in [-0.3, -0.25) is 0 Å². The van der Waals surface area contributed by atoms with Crippen molar-refractivity contribution in [2.75, 3.05) is 12.4 Å². The van der Waals surface area contributed by atoms with Gasteiger partial charge in [-0.15, -0.1) is 0 Å². The summed E-state index contributed by atoms with van der Waals surface area (Å²) in [5.41, 5.74) is -0.140. The predicted octanol–water partition coefficient (Wildman–Crippen LogP) is 3.27. The summed E-state index contributed by atoms with van der Waals surface area (Å²) >= 11 is 0. The molecule has 2 aromatic rings. The fourth-order valence-electron chi connectivity index (χ4n) is 1.80. The molecule has 0 spiro atoms. The van der Waals surface area contributed by atoms with Crippen LogP contribution in [0.4, 0.5) is 10.2 Å². The lowest BCUT2D eigenvalue weighted by molar-refractivity contribution is 0.452. The van der Waals surface area contributed by atoms with Crippen molar-refractivity contribution in [1.29, 1.82) is 5.26 Å². The molecule has 0 saturated heterocycles. The molecule has 1 aromatic heterocycles. The highest BCUT2D eigenvalue weighted by atomic mass is 19.1. The molecule has 6 heteroatoms. The number of benzene rings is 1. The molecule has 1 N–H and O–H groups in total. The van der Waals surface area contributed by atoms with E-state index in [1.807, 2.05) is 6.92 Å². The smallest absolute Gasteiger partial charge is 0.224 e. The Hall–Kier alpha value is -2.68. The number of nitriles is 1. The quantitative estimate of drug-likeness (QED) is 0.913. The van der Waals surface area contributed by atoms with Crippen LogP contribution in [0.5, 0.6) is 11.6 Å². The van der Waals surface area contributed by atoms with Crippen LogP contribution in [0.1, 0.15) is 24.7 Å². The highest BCUT2D eigenvalue weighted by molar-refractivity contribution is 5.46. The minimum absolute atomic E-state index is 0.140. The largest absolute Gasteiger partial charge is 0.437 e. The van der Waals surface area contributed by atoms with Crippen molar-refractivity contribution in [2.45, 2.75) is 19.8 Å². The van der Waals surface area contributed by atoms with Gasteiger partial charge in [0.25, 0.3) is 0 Å². The molecule has 0 bridgehead atoms. The second-order valence-electron chi connectivity index (χ2n) is 4.33. The van der Waals surface area contributed by atoms with Crippen LogP contribution in [0.2, 0.25) is 0 Å². The van der Waals surface area contributed by atoms with E-state index in [9.17, 15) is 4.39 Å². The molecule has 0 aliphatic rings. The molecular weight excluding hydrogens is 271 g/mol. The van der Waals surface area contributed by atoms with Crippen molar-refractivity contribution in [3.05, 3.63) is 41.5 Å². The first-order valence-electron chi connectivity index (χ1n) is 6.60. The number of hydrogen-bond acceptors (Lipinski definition) is 5. The number of aryl methyl sites for hydroxylation is 1. The van der Waals surface area contributed by atoms with Gasteiger partial charge < -0.3 is 10.1 Å². The maximum Gasteiger partial charge on any atom is 0.224 e. The van der Waals surface area contributed by atoms with Gasteiger partial charge in [-0.2, -0.15) is 10.2 Å². The number of halogens is 1. The van der Waals surface area contributed by atoms with Crippen molar-refractivity contribution in [2.24, 2.45) is 0 Å². The van der Waals surface area contributed by atoms with Gasteiger partial charge in [0.15, 0.2) is 0 Å². The lowest BCUT2D eigenvalue weighted by Gasteiger charge is -2.10. The topological polar surface area (TPSA) is 70.8 Å². The van der Waals surface area contributed by atoms with Crippen LogP contribution in [0.15, 0.2) is 24.3 Å². The van der Waals surface area contributed by atoms with Gasteiger partial charge in [0, 0.05) is 19.5 Å². The van der Waals surface area contributed by atoms with Crippen LogP contribution < -0.4 is 10.1 Å². The van der Waals surface area contributed by atoms with E-state index in [0.29, 0.717) is 18.1 Å². The summed E-state index contributed by atoms with van der Waals surface area (Å²) in [6, 6.07) is 7.63. The Morgan fingerprint density at radius 1 is 1.38 bits per heavy atom. The van der Waals surface area contributed by atoms with E-state index < -0.39 is 5.82 Å². The third-order valence-electron chi connectivity index (χ3n) is 2.78. The summed E-state index contributed by atoms with van der Waals surface area (Å²) < 4.78 is 19.1. The maximum atomic E-state index is 13.6. The molecule has 0 radical (unpaired) electrons. The molecule has 0 aliphatic carbocycles. The van der Waals surface area contributed by atoms with Gasteiger partial charge in [0.05, 0.1) is 0 Å². The first kappa shape index (κ1) is 14.7. The second kappa shape index (κ2) is 6.66. The third-order valence-corrected chi connectivity index (χ3v) is 2.78. The van der Waals surface area contributed by atoms with E-state index in [-0.39, 0.29) is 17.2 Å². The van der Waals surface area contributed by atoms with Crippen molar-refractivity contribution < 1.29 is 9.13 Å². The Morgan fingerprint density at radius 3 is 2.86 bits per heavy atom. The van der Waals surface area contributed by atoms with Crippen LogP contribution in [0, 0.1) is 17.1 Å². The van der Waals surface area contributed by atoms with Crippen molar-refractivity contribution >= 4 is 5.82 Å². The molecule has 0 saturated carbocycles. The van der Waals surface area contributed by atoms with E-state index >= 15 is 0 Å². The Balaban J connectivity index is 2.37. The van der Waals surface area contributed by atoms with Gasteiger partial charge >= 0.3 is 0 Å². The van der Waals surface area contributed by atoms with Crippen LogP contribution in [0.25, 0.3) is 0 Å². The van der Waals surface area contributed by atoms with Crippen molar-refractivity contribution in [3.63, 3.8) is 0 Å². The van der Waals surface area contributed by atoms with E-state index in [1.54, 1.807) is 19.2 Å². The summed E-state index contributed by atoms with van der Waals surface area (Å²) in [6.07, 6.45) is 1.61. The molecular formula is C15H15FN4O. The number of rotatable bonds is 5. The first-order chi connectivity index (χ1) is 10.2. The number of nitrogens with zero attached hydrogens (tertiary/aromatic N) is 3. The Morgan fingerprint density at radius 2 is 2.19 bits per heavy atom. The minimum atomic E-state index is -0.619. The minimum Gasteiger partial charge on any atom is -0.437 e. The molecule has 0 unspecified atom stereocenters. The van der Waals surface area contributed by atoms with Crippen LogP contribution >= 0.6 is 0 Å². The Kier molecular flexibility index (Phi) is 4.67. The van der Waals surface area contributed by atoms with Gasteiger partial charge in [0.1, 0.15) is 34.8 Å². The fraction of sp³-hybridized carbons (Fsp3) is 0.267. The zero-order chi connectivity index (χ0) is 15.2. The molecule has 1 heterocycles. The van der Waals surface area contributed by atoms with E-state index in [2.05, 4.69) is 15.3 Å². The summed E-state index contributed by atoms with van der Waals surface area (Å²) in [5.74, 6) is 1.04. The van der Waals surface area contributed by atoms with Crippen molar-refractivity contribution in [1.82, 2.24) is 9.97 Å². The molecule has 21 heavy (non-hydrogen) atoms. The standard InChI is InChI=1S/C15H15FN4O/c1-3-5-13-19-14(18-2)8-15(20-13)21-12-7-4-6-11(16)10(12)9-17/h4,6-8H,3,5H2,1-2H3,(H,18,19,20). The van der Waals surface area contributed by atoms with Gasteiger partial charge in [-0.1, -0.05) is 13.0 Å². The zero-order valence-corrected chi connectivity index (χ0v) is 11.9. The predicted molar refractivity (Wildman–Crippen MR) is 76.8 cm³/mol. The number of hydrogen-bond donors (Lipinski definition) is 1. The monoisotopic (exact) mass is 286 g/mol. The third kappa shape index (κ3) is 3.45. The van der Waals surface area contributed by atoms with E-state index in [4.69, 9.17) is 10.00 Å². The molecule has 0 amide bonds. The number of nitrogens with one attached hydrogen (secondary N) is 1. The van der Waals surface area contributed by atoms with Gasteiger partial charge in [-0.05, 0) is 18.6 Å². The van der Waals surface area contributed by atoms with Gasteiger partial charge in [-0.25, -0.2) is 9.37 Å². The summed E-state index contributed by atoms with van der Waals surface area (Å²) in [5, 5.41) is 11.9. The van der Waals surface area contributed by atoms with E-state index in [0.717, 1.165) is 6.42 Å². The highest BCUT2D eigenvalue weighted by Crippen LogP contribution is 2.26. The van der Waals surface area contributed by atoms with Crippen LogP contribution in [0.3, 0.4) is 0 Å². The lowest BCUT2D eigenvalue weighted by atomic mass is 10.2. The summed E-state index contributed by atoms with van der Waals surface area (Å²) in [4.78, 5) is 8.57. The number of aromatic nitrogens is 2. The number of anilines is 1. The Bertz CT molecular complexity index is 682. The summed E-state index contributed by atoms with van der Waals surface area (Å²) in [6.45, 7) is 2.02. The van der Waals surface area contributed by atoms with E-state index in [1.165, 1.54) is 18.2 Å². The zero-order valence-electron chi connectivity index (χ0n) is 11.9. The average molecular weight is 286 g/mol. The van der Waals surface area contributed by atoms with Crippen LogP contribution in [-0.2, 0) is 6.42 Å². The lowest BCUT2D eigenvalue weighted by Crippen LogP contribution is -2.02. The summed E-state index contributed by atoms with van der Waals surface area (Å²) in [7, 11) is 1.74. The second-order valence-corrected chi connectivity index (χ2v) is 4.33. The molecule has 0 atom stereocenters. The maximum absolute atomic E-state index is 13.6. The average Bonchev–Trinajstić information content (AvgIpc) is 2.47. The fourth-order valence-corrected chi connectivity index (χ4v) is 1.80. The molecule has 1 aromatic carbocycles. The molecule has 0 fully saturated rings. The van der Waals surface area contributed by atoms with Crippen LogP contribution in [-0.4, -0.2) is 17.0 Å². The normalized spacial score (nSPS) is 10.0. The molecule has 5 nitrogen and oxygen atoms in total. The Labute approximate surface area is 122 Å².